The molecule has 4 nitrogen and oxygen atoms in total. The molecule has 0 unspecified atom stereocenters. The first-order chi connectivity index (χ1) is 12.8. The molecule has 0 aliphatic carbocycles. The number of likely N-dealkylation sites (tertiary alicyclic amines) is 1. The highest BCUT2D eigenvalue weighted by molar-refractivity contribution is 7.07. The summed E-state index contributed by atoms with van der Waals surface area (Å²) < 4.78 is 0. The predicted molar refractivity (Wildman–Crippen MR) is 105 cm³/mol. The number of pyridine rings is 2. The Morgan fingerprint density at radius 2 is 2.00 bits per heavy atom. The lowest BCUT2D eigenvalue weighted by atomic mass is 9.85. The van der Waals surface area contributed by atoms with Gasteiger partial charge in [0.05, 0.1) is 11.4 Å². The maximum atomic E-state index is 4.84. The van der Waals surface area contributed by atoms with Gasteiger partial charge in [0.25, 0.3) is 0 Å². The molecule has 26 heavy (non-hydrogen) atoms. The van der Waals surface area contributed by atoms with E-state index >= 15 is 0 Å². The maximum Gasteiger partial charge on any atom is 0.0729 e. The van der Waals surface area contributed by atoms with Crippen LogP contribution in [0.4, 0.5) is 5.69 Å². The zero-order valence-corrected chi connectivity index (χ0v) is 15.5. The van der Waals surface area contributed by atoms with Gasteiger partial charge in [-0.2, -0.15) is 11.3 Å². The molecule has 5 heteroatoms. The molecule has 3 aromatic heterocycles. The minimum absolute atomic E-state index is 0.162. The van der Waals surface area contributed by atoms with Crippen molar-refractivity contribution in [3.63, 3.8) is 0 Å². The highest BCUT2D eigenvalue weighted by Gasteiger charge is 2.48. The zero-order chi connectivity index (χ0) is 17.4. The summed E-state index contributed by atoms with van der Waals surface area (Å²) in [5, 5.41) is 4.43. The van der Waals surface area contributed by atoms with Gasteiger partial charge in [0.2, 0.25) is 0 Å². The molecule has 0 radical (unpaired) electrons. The van der Waals surface area contributed by atoms with Crippen molar-refractivity contribution in [2.45, 2.75) is 24.9 Å². The molecule has 0 bridgehead atoms. The molecule has 3 aromatic rings. The molecule has 132 valence electrons. The summed E-state index contributed by atoms with van der Waals surface area (Å²) in [4.78, 5) is 14.2. The standard InChI is InChI=1S/C21H22N4S/c1-3-17(11-22-7-1)13-25-16-21(20-19(25)4-2-8-23-20)6-9-24(15-21)12-18-5-10-26-14-18/h1-5,7-8,10-11,14H,6,9,12-13,15-16H2/t21-/m0/s1. The van der Waals surface area contributed by atoms with Crippen molar-refractivity contribution in [2.75, 3.05) is 24.5 Å². The molecule has 0 aromatic carbocycles. The Morgan fingerprint density at radius 1 is 1.04 bits per heavy atom. The summed E-state index contributed by atoms with van der Waals surface area (Å²) in [6, 6.07) is 10.7. The lowest BCUT2D eigenvalue weighted by Gasteiger charge is -2.26. The van der Waals surface area contributed by atoms with Gasteiger partial charge in [-0.05, 0) is 59.1 Å². The van der Waals surface area contributed by atoms with Gasteiger partial charge in [-0.15, -0.1) is 0 Å². The Morgan fingerprint density at radius 3 is 2.85 bits per heavy atom. The van der Waals surface area contributed by atoms with Crippen LogP contribution < -0.4 is 4.90 Å². The molecule has 1 spiro atoms. The van der Waals surface area contributed by atoms with Crippen LogP contribution in [0.1, 0.15) is 23.2 Å². The third-order valence-corrected chi connectivity index (χ3v) is 6.37. The lowest BCUT2D eigenvalue weighted by molar-refractivity contribution is 0.305. The topological polar surface area (TPSA) is 32.3 Å². The summed E-state index contributed by atoms with van der Waals surface area (Å²) >= 11 is 1.78. The van der Waals surface area contributed by atoms with Crippen LogP contribution in [0.25, 0.3) is 0 Å². The molecule has 2 aliphatic heterocycles. The minimum Gasteiger partial charge on any atom is -0.365 e. The summed E-state index contributed by atoms with van der Waals surface area (Å²) in [5.74, 6) is 0. The van der Waals surface area contributed by atoms with E-state index < -0.39 is 0 Å². The van der Waals surface area contributed by atoms with E-state index in [1.165, 1.54) is 28.9 Å². The van der Waals surface area contributed by atoms with Gasteiger partial charge in [-0.3, -0.25) is 14.9 Å². The maximum absolute atomic E-state index is 4.84. The number of nitrogens with zero attached hydrogens (tertiary/aromatic N) is 4. The number of anilines is 1. The van der Waals surface area contributed by atoms with E-state index in [-0.39, 0.29) is 5.41 Å². The smallest absolute Gasteiger partial charge is 0.0729 e. The van der Waals surface area contributed by atoms with Crippen molar-refractivity contribution in [3.05, 3.63) is 76.5 Å². The Labute approximate surface area is 158 Å². The number of hydrogen-bond acceptors (Lipinski definition) is 5. The second-order valence-electron chi connectivity index (χ2n) is 7.46. The van der Waals surface area contributed by atoms with Crippen molar-refractivity contribution in [2.24, 2.45) is 0 Å². The van der Waals surface area contributed by atoms with Crippen LogP contribution in [0.15, 0.2) is 59.7 Å². The monoisotopic (exact) mass is 362 g/mol. The molecule has 5 heterocycles. The Kier molecular flexibility index (Phi) is 3.98. The van der Waals surface area contributed by atoms with Crippen LogP contribution in [0.3, 0.4) is 0 Å². The normalized spacial score (nSPS) is 22.2. The number of hydrogen-bond donors (Lipinski definition) is 0. The van der Waals surface area contributed by atoms with E-state index in [0.29, 0.717) is 0 Å². The van der Waals surface area contributed by atoms with Crippen LogP contribution >= 0.6 is 11.3 Å². The summed E-state index contributed by atoms with van der Waals surface area (Å²) in [7, 11) is 0. The quantitative estimate of drug-likeness (QED) is 0.708. The molecule has 1 saturated heterocycles. The summed E-state index contributed by atoms with van der Waals surface area (Å²) in [6.45, 7) is 5.24. The fraction of sp³-hybridized carbons (Fsp3) is 0.333. The van der Waals surface area contributed by atoms with Gasteiger partial charge in [0.15, 0.2) is 0 Å². The number of thiophene rings is 1. The average Bonchev–Trinajstić information content (AvgIpc) is 3.39. The SMILES string of the molecule is c1cncc(CN2C[C@@]3(CCN(Cc4ccsc4)C3)c3ncccc32)c1. The van der Waals surface area contributed by atoms with Crippen LogP contribution in [0.5, 0.6) is 0 Å². The molecule has 1 fully saturated rings. The van der Waals surface area contributed by atoms with E-state index in [2.05, 4.69) is 49.8 Å². The van der Waals surface area contributed by atoms with E-state index in [9.17, 15) is 0 Å². The molecule has 5 rings (SSSR count). The van der Waals surface area contributed by atoms with E-state index in [4.69, 9.17) is 4.98 Å². The summed E-state index contributed by atoms with van der Waals surface area (Å²) in [5.41, 5.74) is 5.44. The molecule has 0 amide bonds. The summed E-state index contributed by atoms with van der Waals surface area (Å²) in [6.07, 6.45) is 6.95. The number of fused-ring (bicyclic) bond motifs is 2. The van der Waals surface area contributed by atoms with Crippen molar-refractivity contribution in [1.29, 1.82) is 0 Å². The van der Waals surface area contributed by atoms with Crippen molar-refractivity contribution in [3.8, 4) is 0 Å². The molecule has 1 atom stereocenters. The third kappa shape index (κ3) is 2.81. The molecule has 0 N–H and O–H groups in total. The first kappa shape index (κ1) is 16.0. The Hall–Kier alpha value is -2.24. The van der Waals surface area contributed by atoms with Crippen LogP contribution in [0.2, 0.25) is 0 Å². The molecule has 2 aliphatic rings. The highest BCUT2D eigenvalue weighted by Crippen LogP contribution is 2.45. The van der Waals surface area contributed by atoms with E-state index in [1.807, 2.05) is 24.7 Å². The van der Waals surface area contributed by atoms with Gasteiger partial charge in [-0.1, -0.05) is 6.07 Å². The molecular weight excluding hydrogens is 340 g/mol. The number of rotatable bonds is 4. The van der Waals surface area contributed by atoms with Crippen molar-refractivity contribution >= 4 is 17.0 Å². The fourth-order valence-corrected chi connectivity index (χ4v) is 5.16. The third-order valence-electron chi connectivity index (χ3n) is 5.64. The average molecular weight is 363 g/mol. The second-order valence-corrected chi connectivity index (χ2v) is 8.24. The van der Waals surface area contributed by atoms with Crippen molar-refractivity contribution in [1.82, 2.24) is 14.9 Å². The highest BCUT2D eigenvalue weighted by atomic mass is 32.1. The van der Waals surface area contributed by atoms with Gasteiger partial charge < -0.3 is 4.90 Å². The van der Waals surface area contributed by atoms with Crippen LogP contribution in [0, 0.1) is 0 Å². The first-order valence-corrected chi connectivity index (χ1v) is 10.1. The second kappa shape index (κ2) is 6.49. The Bertz CT molecular complexity index is 880. The van der Waals surface area contributed by atoms with Crippen LogP contribution in [-0.2, 0) is 18.5 Å². The first-order valence-electron chi connectivity index (χ1n) is 9.15. The Balaban J connectivity index is 1.40. The lowest BCUT2D eigenvalue weighted by Crippen LogP contribution is -2.36. The van der Waals surface area contributed by atoms with Crippen LogP contribution in [-0.4, -0.2) is 34.5 Å². The van der Waals surface area contributed by atoms with Gasteiger partial charge in [-0.25, -0.2) is 0 Å². The largest absolute Gasteiger partial charge is 0.365 e. The van der Waals surface area contributed by atoms with Gasteiger partial charge in [0, 0.05) is 50.2 Å². The fourth-order valence-electron chi connectivity index (χ4n) is 4.50. The number of aromatic nitrogens is 2. The predicted octanol–water partition coefficient (Wildman–Crippen LogP) is 3.70. The van der Waals surface area contributed by atoms with E-state index in [1.54, 1.807) is 11.3 Å². The van der Waals surface area contributed by atoms with Gasteiger partial charge in [0.1, 0.15) is 0 Å². The van der Waals surface area contributed by atoms with E-state index in [0.717, 1.165) is 32.7 Å². The molecule has 0 saturated carbocycles. The molecular formula is C21H22N4S. The zero-order valence-electron chi connectivity index (χ0n) is 14.7. The van der Waals surface area contributed by atoms with Gasteiger partial charge >= 0.3 is 0 Å². The minimum atomic E-state index is 0.162. The van der Waals surface area contributed by atoms with Crippen molar-refractivity contribution < 1.29 is 0 Å².